The van der Waals surface area contributed by atoms with E-state index in [-0.39, 0.29) is 37.5 Å². The minimum Gasteiger partial charge on any atom is -0.462 e. The summed E-state index contributed by atoms with van der Waals surface area (Å²) in [6, 6.07) is 0. The number of carbonyl (C=O) groups excluding carboxylic acids is 3. The van der Waals surface area contributed by atoms with E-state index in [0.717, 1.165) is 135 Å². The molecule has 0 heterocycles. The molecule has 6 heteroatoms. The van der Waals surface area contributed by atoms with Crippen molar-refractivity contribution in [2.24, 2.45) is 0 Å². The third-order valence-electron chi connectivity index (χ3n) is 12.5. The lowest BCUT2D eigenvalue weighted by Gasteiger charge is -2.18. The predicted molar refractivity (Wildman–Crippen MR) is 316 cm³/mol. The topological polar surface area (TPSA) is 78.9 Å². The second-order valence-corrected chi connectivity index (χ2v) is 19.5. The lowest BCUT2D eigenvalue weighted by atomic mass is 10.0. The summed E-state index contributed by atoms with van der Waals surface area (Å²) in [7, 11) is 0. The molecular weight excluding hydrogens is 901 g/mol. The van der Waals surface area contributed by atoms with Crippen LogP contribution in [0, 0.1) is 0 Å². The van der Waals surface area contributed by atoms with Crippen LogP contribution in [0.25, 0.3) is 0 Å². The maximum atomic E-state index is 12.9. The molecule has 0 rings (SSSR count). The van der Waals surface area contributed by atoms with E-state index in [1.54, 1.807) is 0 Å². The molecule has 0 spiro atoms. The van der Waals surface area contributed by atoms with Gasteiger partial charge in [0.1, 0.15) is 13.2 Å². The molecule has 0 bridgehead atoms. The van der Waals surface area contributed by atoms with Crippen molar-refractivity contribution in [3.8, 4) is 0 Å². The van der Waals surface area contributed by atoms with Gasteiger partial charge in [-0.1, -0.05) is 258 Å². The van der Waals surface area contributed by atoms with Crippen LogP contribution < -0.4 is 0 Å². The molecule has 0 amide bonds. The fourth-order valence-corrected chi connectivity index (χ4v) is 8.03. The van der Waals surface area contributed by atoms with Crippen molar-refractivity contribution in [2.45, 2.75) is 271 Å². The van der Waals surface area contributed by atoms with Crippen molar-refractivity contribution in [3.63, 3.8) is 0 Å². The summed E-state index contributed by atoms with van der Waals surface area (Å²) in [6.45, 7) is 6.38. The Kier molecular flexibility index (Phi) is 56.9. The van der Waals surface area contributed by atoms with Gasteiger partial charge in [0.2, 0.25) is 0 Å². The van der Waals surface area contributed by atoms with Gasteiger partial charge in [-0.15, -0.1) is 0 Å². The van der Waals surface area contributed by atoms with E-state index in [1.165, 1.54) is 89.9 Å². The molecule has 0 aliphatic carbocycles. The zero-order chi connectivity index (χ0) is 52.9. The first kappa shape index (κ1) is 68.8. The first-order chi connectivity index (χ1) is 36.0. The fraction of sp³-hybridized carbons (Fsp3) is 0.657. The van der Waals surface area contributed by atoms with Crippen LogP contribution in [0.4, 0.5) is 0 Å². The van der Waals surface area contributed by atoms with Crippen LogP contribution in [0.1, 0.15) is 265 Å². The number of hydrogen-bond donors (Lipinski definition) is 0. The van der Waals surface area contributed by atoms with Crippen LogP contribution in [0.2, 0.25) is 0 Å². The summed E-state index contributed by atoms with van der Waals surface area (Å²) in [5, 5.41) is 0. The van der Waals surface area contributed by atoms with Gasteiger partial charge in [-0.25, -0.2) is 0 Å². The van der Waals surface area contributed by atoms with Crippen molar-refractivity contribution in [3.05, 3.63) is 122 Å². The largest absolute Gasteiger partial charge is 0.462 e. The van der Waals surface area contributed by atoms with Gasteiger partial charge in [-0.3, -0.25) is 14.4 Å². The molecule has 0 saturated heterocycles. The molecule has 0 N–H and O–H groups in total. The second-order valence-electron chi connectivity index (χ2n) is 19.5. The SMILES string of the molecule is CC/C=C\C/C=C\C/C=C\C/C=C\C/C=C\CCCCCCCCCC(=O)OCC(COC(=O)CCCCCCCCCCCCCCC)OC(=O)CCCCC/C=C\C/C=C\C/C=C\C/C=C\C/C=C\CC. The maximum Gasteiger partial charge on any atom is 0.306 e. The first-order valence-electron chi connectivity index (χ1n) is 30.0. The number of carbonyl (C=O) groups is 3. The van der Waals surface area contributed by atoms with E-state index in [1.807, 2.05) is 0 Å². The lowest BCUT2D eigenvalue weighted by molar-refractivity contribution is -0.167. The molecule has 73 heavy (non-hydrogen) atoms. The normalized spacial score (nSPS) is 13.0. The molecular formula is C67H110O6. The minimum atomic E-state index is -0.803. The Bertz CT molecular complexity index is 1540. The maximum absolute atomic E-state index is 12.9. The number of esters is 3. The highest BCUT2D eigenvalue weighted by molar-refractivity contribution is 5.71. The van der Waals surface area contributed by atoms with Crippen molar-refractivity contribution in [1.29, 1.82) is 0 Å². The van der Waals surface area contributed by atoms with E-state index in [0.29, 0.717) is 12.8 Å². The number of hydrogen-bond acceptors (Lipinski definition) is 6. The monoisotopic (exact) mass is 1010 g/mol. The number of ether oxygens (including phenoxy) is 3. The average molecular weight is 1010 g/mol. The second kappa shape index (κ2) is 60.4. The Morgan fingerprint density at radius 3 is 0.849 bits per heavy atom. The van der Waals surface area contributed by atoms with Gasteiger partial charge in [-0.2, -0.15) is 0 Å². The quantitative estimate of drug-likeness (QED) is 0.0261. The standard InChI is InChI=1S/C67H110O6/c1-4-7-10-13-16-19-22-25-27-29-31-32-33-34-36-37-39-42-45-48-51-54-57-60-66(69)72-63-64(62-71-65(68)59-56-53-50-47-44-41-24-21-18-15-12-9-6-3)73-67(70)61-58-55-52-49-46-43-40-38-35-30-28-26-23-20-17-14-11-8-5-2/h7-8,10-11,16-17,19-20,25-28,31-32,34-36,38,43,46,64H,4-6,9,12-15,18,21-24,29-30,33,37,39-42,44-45,47-63H2,1-3H3/b10-7-,11-8-,19-16-,20-17-,27-25-,28-26-,32-31-,36-34-,38-35-,46-43-. The van der Waals surface area contributed by atoms with Crippen LogP contribution in [-0.2, 0) is 28.6 Å². The van der Waals surface area contributed by atoms with Crippen LogP contribution in [0.15, 0.2) is 122 Å². The Labute approximate surface area is 450 Å². The van der Waals surface area contributed by atoms with Crippen LogP contribution >= 0.6 is 0 Å². The summed E-state index contributed by atoms with van der Waals surface area (Å²) in [5.41, 5.74) is 0. The van der Waals surface area contributed by atoms with Crippen molar-refractivity contribution in [2.75, 3.05) is 13.2 Å². The number of allylic oxidation sites excluding steroid dienone is 20. The zero-order valence-electron chi connectivity index (χ0n) is 47.4. The Balaban J connectivity index is 4.44. The molecule has 0 saturated carbocycles. The van der Waals surface area contributed by atoms with Crippen LogP contribution in [0.5, 0.6) is 0 Å². The van der Waals surface area contributed by atoms with Crippen molar-refractivity contribution < 1.29 is 28.6 Å². The van der Waals surface area contributed by atoms with Gasteiger partial charge >= 0.3 is 17.9 Å². The summed E-state index contributed by atoms with van der Waals surface area (Å²) in [5.74, 6) is -0.938. The van der Waals surface area contributed by atoms with Gasteiger partial charge in [0.05, 0.1) is 0 Å². The lowest BCUT2D eigenvalue weighted by Crippen LogP contribution is -2.30. The summed E-state index contributed by atoms with van der Waals surface area (Å²) < 4.78 is 16.9. The van der Waals surface area contributed by atoms with Gasteiger partial charge in [-0.05, 0) is 109 Å². The van der Waals surface area contributed by atoms with Gasteiger partial charge in [0.15, 0.2) is 6.10 Å². The molecule has 0 aliphatic rings. The molecule has 1 unspecified atom stereocenters. The third kappa shape index (κ3) is 58.6. The highest BCUT2D eigenvalue weighted by Crippen LogP contribution is 2.15. The predicted octanol–water partition coefficient (Wildman–Crippen LogP) is 20.4. The van der Waals surface area contributed by atoms with E-state index >= 15 is 0 Å². The Morgan fingerprint density at radius 1 is 0.288 bits per heavy atom. The van der Waals surface area contributed by atoms with Gasteiger partial charge < -0.3 is 14.2 Å². The highest BCUT2D eigenvalue weighted by Gasteiger charge is 2.19. The van der Waals surface area contributed by atoms with E-state index in [2.05, 4.69) is 142 Å². The van der Waals surface area contributed by atoms with E-state index < -0.39 is 6.10 Å². The van der Waals surface area contributed by atoms with Crippen molar-refractivity contribution >= 4 is 17.9 Å². The summed E-state index contributed by atoms with van der Waals surface area (Å²) in [4.78, 5) is 38.2. The van der Waals surface area contributed by atoms with Gasteiger partial charge in [0, 0.05) is 19.3 Å². The molecule has 0 aromatic carbocycles. The van der Waals surface area contributed by atoms with E-state index in [9.17, 15) is 14.4 Å². The minimum absolute atomic E-state index is 0.0958. The molecule has 0 aromatic rings. The molecule has 0 radical (unpaired) electrons. The molecule has 1 atom stereocenters. The summed E-state index contributed by atoms with van der Waals surface area (Å²) >= 11 is 0. The van der Waals surface area contributed by atoms with Crippen LogP contribution in [0.3, 0.4) is 0 Å². The van der Waals surface area contributed by atoms with Crippen molar-refractivity contribution in [1.82, 2.24) is 0 Å². The Hall–Kier alpha value is -4.19. The number of unbranched alkanes of at least 4 members (excludes halogenated alkanes) is 22. The molecule has 0 fully saturated rings. The smallest absolute Gasteiger partial charge is 0.306 e. The zero-order valence-corrected chi connectivity index (χ0v) is 47.4. The number of rotatable bonds is 53. The fourth-order valence-electron chi connectivity index (χ4n) is 8.03. The van der Waals surface area contributed by atoms with Crippen LogP contribution in [-0.4, -0.2) is 37.2 Å². The molecule has 6 nitrogen and oxygen atoms in total. The molecule has 0 aromatic heterocycles. The highest BCUT2D eigenvalue weighted by atomic mass is 16.6. The Morgan fingerprint density at radius 2 is 0.534 bits per heavy atom. The van der Waals surface area contributed by atoms with E-state index in [4.69, 9.17) is 14.2 Å². The third-order valence-corrected chi connectivity index (χ3v) is 12.5. The molecule has 414 valence electrons. The summed E-state index contributed by atoms with van der Waals surface area (Å²) in [6.07, 6.45) is 83.3. The molecule has 0 aliphatic heterocycles. The average Bonchev–Trinajstić information content (AvgIpc) is 3.39. The van der Waals surface area contributed by atoms with Gasteiger partial charge in [0.25, 0.3) is 0 Å². The first-order valence-corrected chi connectivity index (χ1v) is 30.0.